The molecule has 1 unspecified atom stereocenters. The molecule has 0 aliphatic rings. The summed E-state index contributed by atoms with van der Waals surface area (Å²) in [7, 11) is 1.33. The molecule has 1 atom stereocenters. The summed E-state index contributed by atoms with van der Waals surface area (Å²) in [5.41, 5.74) is 5.13. The molecule has 0 aromatic heterocycles. The minimum atomic E-state index is -4.14. The molecule has 0 saturated heterocycles. The van der Waals surface area contributed by atoms with E-state index >= 15 is 0 Å². The average Bonchev–Trinajstić information content (AvgIpc) is 2.12. The average molecular weight is 219 g/mol. The van der Waals surface area contributed by atoms with Crippen molar-refractivity contribution in [3.8, 4) is 0 Å². The second-order valence-corrected chi connectivity index (χ2v) is 2.69. The van der Waals surface area contributed by atoms with Crippen molar-refractivity contribution in [2.75, 3.05) is 26.9 Å². The SMILES string of the molecule is COCC(CN)OCC(F)(F)C(F)F. The number of rotatable bonds is 7. The van der Waals surface area contributed by atoms with Crippen molar-refractivity contribution >= 4 is 0 Å². The second-order valence-electron chi connectivity index (χ2n) is 2.69. The Morgan fingerprint density at radius 2 is 1.93 bits per heavy atom. The Balaban J connectivity index is 3.89. The maximum Gasteiger partial charge on any atom is 0.330 e. The van der Waals surface area contributed by atoms with Crippen LogP contribution in [-0.2, 0) is 9.47 Å². The Labute approximate surface area is 79.2 Å². The topological polar surface area (TPSA) is 44.5 Å². The van der Waals surface area contributed by atoms with Crippen LogP contribution >= 0.6 is 0 Å². The van der Waals surface area contributed by atoms with Crippen LogP contribution in [0.4, 0.5) is 17.6 Å². The molecule has 0 radical (unpaired) electrons. The van der Waals surface area contributed by atoms with Crippen LogP contribution in [0.25, 0.3) is 0 Å². The summed E-state index contributed by atoms with van der Waals surface area (Å²) < 4.78 is 57.0. The summed E-state index contributed by atoms with van der Waals surface area (Å²) >= 11 is 0. The molecule has 0 fully saturated rings. The van der Waals surface area contributed by atoms with Crippen LogP contribution in [-0.4, -0.2) is 45.3 Å². The van der Waals surface area contributed by atoms with Crippen LogP contribution in [0, 0.1) is 0 Å². The van der Waals surface area contributed by atoms with E-state index < -0.39 is 25.1 Å². The molecule has 0 aromatic rings. The summed E-state index contributed by atoms with van der Waals surface area (Å²) in [4.78, 5) is 0. The Morgan fingerprint density at radius 3 is 2.29 bits per heavy atom. The molecule has 0 amide bonds. The quantitative estimate of drug-likeness (QED) is 0.646. The van der Waals surface area contributed by atoms with Gasteiger partial charge in [0, 0.05) is 13.7 Å². The van der Waals surface area contributed by atoms with E-state index in [2.05, 4.69) is 9.47 Å². The molecule has 0 aliphatic carbocycles. The van der Waals surface area contributed by atoms with Gasteiger partial charge in [-0.3, -0.25) is 0 Å². The summed E-state index contributed by atoms with van der Waals surface area (Å²) in [6.07, 6.45) is -4.52. The third-order valence-electron chi connectivity index (χ3n) is 1.45. The molecular weight excluding hydrogens is 206 g/mol. The lowest BCUT2D eigenvalue weighted by Gasteiger charge is -2.20. The van der Waals surface area contributed by atoms with Crippen molar-refractivity contribution in [3.05, 3.63) is 0 Å². The lowest BCUT2D eigenvalue weighted by atomic mass is 10.3. The van der Waals surface area contributed by atoms with E-state index in [0.29, 0.717) is 0 Å². The van der Waals surface area contributed by atoms with E-state index in [-0.39, 0.29) is 13.2 Å². The van der Waals surface area contributed by atoms with Gasteiger partial charge in [-0.15, -0.1) is 0 Å². The number of alkyl halides is 4. The highest BCUT2D eigenvalue weighted by Crippen LogP contribution is 2.23. The molecular formula is C7H13F4NO2. The number of hydrogen-bond donors (Lipinski definition) is 1. The third kappa shape index (κ3) is 4.73. The van der Waals surface area contributed by atoms with Gasteiger partial charge in [-0.1, -0.05) is 0 Å². The first kappa shape index (κ1) is 13.6. The van der Waals surface area contributed by atoms with Crippen molar-refractivity contribution in [3.63, 3.8) is 0 Å². The summed E-state index contributed by atoms with van der Waals surface area (Å²) in [6.45, 7) is -1.42. The third-order valence-corrected chi connectivity index (χ3v) is 1.45. The number of halogens is 4. The number of hydrogen-bond acceptors (Lipinski definition) is 3. The van der Waals surface area contributed by atoms with Gasteiger partial charge in [0.15, 0.2) is 0 Å². The van der Waals surface area contributed by atoms with Crippen LogP contribution in [0.5, 0.6) is 0 Å². The smallest absolute Gasteiger partial charge is 0.330 e. The summed E-state index contributed by atoms with van der Waals surface area (Å²) in [5, 5.41) is 0. The van der Waals surface area contributed by atoms with Crippen LogP contribution in [0.1, 0.15) is 0 Å². The molecule has 3 nitrogen and oxygen atoms in total. The van der Waals surface area contributed by atoms with Gasteiger partial charge in [-0.05, 0) is 0 Å². The molecule has 0 rings (SSSR count). The number of nitrogens with two attached hydrogens (primary N) is 1. The fourth-order valence-electron chi connectivity index (χ4n) is 0.662. The van der Waals surface area contributed by atoms with Gasteiger partial charge in [-0.2, -0.15) is 8.78 Å². The summed E-state index contributed by atoms with van der Waals surface area (Å²) in [5.74, 6) is -4.14. The predicted octanol–water partition coefficient (Wildman–Crippen LogP) is 0.877. The van der Waals surface area contributed by atoms with E-state index in [0.717, 1.165) is 0 Å². The molecule has 0 bridgehead atoms. The fraction of sp³-hybridized carbons (Fsp3) is 1.00. The lowest BCUT2D eigenvalue weighted by molar-refractivity contribution is -0.178. The van der Waals surface area contributed by atoms with Gasteiger partial charge in [-0.25, -0.2) is 8.78 Å². The van der Waals surface area contributed by atoms with Crippen LogP contribution < -0.4 is 5.73 Å². The van der Waals surface area contributed by atoms with Crippen molar-refractivity contribution in [2.24, 2.45) is 5.73 Å². The Morgan fingerprint density at radius 1 is 1.36 bits per heavy atom. The lowest BCUT2D eigenvalue weighted by Crippen LogP contribution is -2.37. The first-order valence-electron chi connectivity index (χ1n) is 3.90. The highest BCUT2D eigenvalue weighted by Gasteiger charge is 2.41. The minimum Gasteiger partial charge on any atom is -0.382 e. The van der Waals surface area contributed by atoms with Gasteiger partial charge in [0.05, 0.1) is 12.7 Å². The van der Waals surface area contributed by atoms with E-state index in [1.807, 2.05) is 0 Å². The van der Waals surface area contributed by atoms with Crippen molar-refractivity contribution in [1.82, 2.24) is 0 Å². The zero-order valence-corrected chi connectivity index (χ0v) is 7.68. The maximum absolute atomic E-state index is 12.3. The van der Waals surface area contributed by atoms with Gasteiger partial charge in [0.25, 0.3) is 0 Å². The van der Waals surface area contributed by atoms with Crippen molar-refractivity contribution < 1.29 is 27.0 Å². The van der Waals surface area contributed by atoms with Gasteiger partial charge in [0.1, 0.15) is 6.61 Å². The normalized spacial score (nSPS) is 14.8. The maximum atomic E-state index is 12.3. The van der Waals surface area contributed by atoms with Crippen molar-refractivity contribution in [1.29, 1.82) is 0 Å². The molecule has 7 heteroatoms. The molecule has 0 aromatic carbocycles. The first-order valence-corrected chi connectivity index (χ1v) is 3.90. The monoisotopic (exact) mass is 219 g/mol. The van der Waals surface area contributed by atoms with E-state index in [4.69, 9.17) is 5.73 Å². The Kier molecular flexibility index (Phi) is 5.98. The zero-order chi connectivity index (χ0) is 11.2. The van der Waals surface area contributed by atoms with Crippen LogP contribution in [0.2, 0.25) is 0 Å². The Hall–Kier alpha value is -0.400. The molecule has 0 heterocycles. The van der Waals surface area contributed by atoms with Crippen LogP contribution in [0.3, 0.4) is 0 Å². The molecule has 86 valence electrons. The highest BCUT2D eigenvalue weighted by atomic mass is 19.3. The zero-order valence-electron chi connectivity index (χ0n) is 7.68. The standard InChI is InChI=1S/C7H13F4NO2/c1-13-3-5(2-12)14-4-7(10,11)6(8)9/h5-6H,2-4,12H2,1H3. The summed E-state index contributed by atoms with van der Waals surface area (Å²) in [6, 6.07) is 0. The minimum absolute atomic E-state index is 0.00415. The van der Waals surface area contributed by atoms with Gasteiger partial charge < -0.3 is 15.2 Å². The fourth-order valence-corrected chi connectivity index (χ4v) is 0.662. The van der Waals surface area contributed by atoms with Crippen molar-refractivity contribution in [2.45, 2.75) is 18.5 Å². The Bertz CT molecular complexity index is 157. The molecule has 14 heavy (non-hydrogen) atoms. The van der Waals surface area contributed by atoms with Crippen LogP contribution in [0.15, 0.2) is 0 Å². The molecule has 2 N–H and O–H groups in total. The molecule has 0 aliphatic heterocycles. The molecule has 0 saturated carbocycles. The largest absolute Gasteiger partial charge is 0.382 e. The molecule has 0 spiro atoms. The van der Waals surface area contributed by atoms with Gasteiger partial charge >= 0.3 is 12.3 Å². The predicted molar refractivity (Wildman–Crippen MR) is 41.6 cm³/mol. The van der Waals surface area contributed by atoms with Gasteiger partial charge in [0.2, 0.25) is 0 Å². The highest BCUT2D eigenvalue weighted by molar-refractivity contribution is 4.69. The number of methoxy groups -OCH3 is 1. The van der Waals surface area contributed by atoms with E-state index in [9.17, 15) is 17.6 Å². The second kappa shape index (κ2) is 6.15. The van der Waals surface area contributed by atoms with E-state index in [1.165, 1.54) is 7.11 Å². The number of ether oxygens (including phenoxy) is 2. The first-order chi connectivity index (χ1) is 6.44. The van der Waals surface area contributed by atoms with E-state index in [1.54, 1.807) is 0 Å².